The van der Waals surface area contributed by atoms with Gasteiger partial charge in [-0.3, -0.25) is 9.59 Å². The van der Waals surface area contributed by atoms with Gasteiger partial charge in [0.2, 0.25) is 11.8 Å². The first-order valence-electron chi connectivity index (χ1n) is 8.92. The minimum Gasteiger partial charge on any atom is -0.352 e. The van der Waals surface area contributed by atoms with Gasteiger partial charge in [-0.25, -0.2) is 0 Å². The molecule has 5 heteroatoms. The van der Waals surface area contributed by atoms with Gasteiger partial charge in [-0.2, -0.15) is 0 Å². The van der Waals surface area contributed by atoms with Crippen molar-refractivity contribution in [3.05, 3.63) is 29.8 Å². The van der Waals surface area contributed by atoms with E-state index in [-0.39, 0.29) is 23.8 Å². The number of hydrogen-bond donors (Lipinski definition) is 3. The lowest BCUT2D eigenvalue weighted by Gasteiger charge is -2.43. The van der Waals surface area contributed by atoms with E-state index in [4.69, 9.17) is 5.73 Å². The number of carbonyl (C=O) groups excluding carboxylic acids is 2. The zero-order chi connectivity index (χ0) is 17.1. The number of anilines is 1. The zero-order valence-electron chi connectivity index (χ0n) is 14.3. The summed E-state index contributed by atoms with van der Waals surface area (Å²) in [5, 5.41) is 5.80. The summed E-state index contributed by atoms with van der Waals surface area (Å²) in [5.74, 6) is 1.17. The summed E-state index contributed by atoms with van der Waals surface area (Å²) < 4.78 is 0. The summed E-state index contributed by atoms with van der Waals surface area (Å²) >= 11 is 0. The summed E-state index contributed by atoms with van der Waals surface area (Å²) in [6, 6.07) is 7.93. The molecule has 0 aliphatic heterocycles. The minimum atomic E-state index is -0.0477. The molecule has 2 aliphatic rings. The van der Waals surface area contributed by atoms with E-state index < -0.39 is 0 Å². The van der Waals surface area contributed by atoms with Crippen molar-refractivity contribution in [3.8, 4) is 0 Å². The van der Waals surface area contributed by atoms with E-state index in [0.29, 0.717) is 18.4 Å². The van der Waals surface area contributed by atoms with E-state index in [1.165, 1.54) is 26.2 Å². The molecule has 2 saturated carbocycles. The Bertz CT molecular complexity index is 585. The third kappa shape index (κ3) is 3.96. The van der Waals surface area contributed by atoms with E-state index in [1.54, 1.807) is 0 Å². The van der Waals surface area contributed by atoms with Crippen LogP contribution in [0.15, 0.2) is 24.3 Å². The SMILES string of the molecule is CC(=O)NCc1ccc(NC(=O)C2CC3CCCC(C2)C3N)cc1. The summed E-state index contributed by atoms with van der Waals surface area (Å²) in [4.78, 5) is 23.5. The molecule has 1 aromatic rings. The fraction of sp³-hybridized carbons (Fsp3) is 0.579. The Labute approximate surface area is 143 Å². The van der Waals surface area contributed by atoms with Crippen molar-refractivity contribution in [3.63, 3.8) is 0 Å². The second-order valence-electron chi connectivity index (χ2n) is 7.29. The van der Waals surface area contributed by atoms with Crippen molar-refractivity contribution in [1.29, 1.82) is 0 Å². The average Bonchev–Trinajstić information content (AvgIpc) is 2.53. The molecule has 0 spiro atoms. The van der Waals surface area contributed by atoms with Gasteiger partial charge in [-0.1, -0.05) is 18.6 Å². The summed E-state index contributed by atoms with van der Waals surface area (Å²) in [5.41, 5.74) is 8.13. The van der Waals surface area contributed by atoms with Crippen LogP contribution in [0.1, 0.15) is 44.6 Å². The van der Waals surface area contributed by atoms with Gasteiger partial charge in [0.1, 0.15) is 0 Å². The summed E-state index contributed by atoms with van der Waals surface area (Å²) in [6.45, 7) is 2.01. The summed E-state index contributed by atoms with van der Waals surface area (Å²) in [6.07, 6.45) is 5.43. The monoisotopic (exact) mass is 329 g/mol. The second-order valence-corrected chi connectivity index (χ2v) is 7.29. The van der Waals surface area contributed by atoms with Gasteiger partial charge in [0.25, 0.3) is 0 Å². The molecule has 0 radical (unpaired) electrons. The Morgan fingerprint density at radius 1 is 1.12 bits per heavy atom. The Morgan fingerprint density at radius 2 is 1.75 bits per heavy atom. The third-order valence-corrected chi connectivity index (χ3v) is 5.55. The first-order valence-corrected chi connectivity index (χ1v) is 8.92. The number of amides is 2. The van der Waals surface area contributed by atoms with E-state index in [0.717, 1.165) is 24.1 Å². The maximum Gasteiger partial charge on any atom is 0.227 e. The molecule has 0 aromatic heterocycles. The first kappa shape index (κ1) is 17.0. The number of nitrogens with two attached hydrogens (primary N) is 1. The number of rotatable bonds is 4. The fourth-order valence-electron chi connectivity index (χ4n) is 4.18. The van der Waals surface area contributed by atoms with E-state index in [2.05, 4.69) is 10.6 Å². The van der Waals surface area contributed by atoms with Crippen molar-refractivity contribution in [2.75, 3.05) is 5.32 Å². The van der Waals surface area contributed by atoms with Gasteiger partial charge in [0, 0.05) is 31.1 Å². The number of fused-ring (bicyclic) bond motifs is 2. The Kier molecular flexibility index (Phi) is 5.19. The lowest BCUT2D eigenvalue weighted by atomic mass is 9.65. The maximum atomic E-state index is 12.6. The van der Waals surface area contributed by atoms with E-state index >= 15 is 0 Å². The molecule has 2 fully saturated rings. The molecule has 2 bridgehead atoms. The molecule has 2 amide bonds. The first-order chi connectivity index (χ1) is 11.5. The van der Waals surface area contributed by atoms with Crippen LogP contribution in [0, 0.1) is 17.8 Å². The second kappa shape index (κ2) is 7.34. The van der Waals surface area contributed by atoms with Crippen LogP contribution >= 0.6 is 0 Å². The van der Waals surface area contributed by atoms with Crippen LogP contribution in [0.5, 0.6) is 0 Å². The fourth-order valence-corrected chi connectivity index (χ4v) is 4.18. The zero-order valence-corrected chi connectivity index (χ0v) is 14.3. The van der Waals surface area contributed by atoms with Crippen molar-refractivity contribution < 1.29 is 9.59 Å². The van der Waals surface area contributed by atoms with Gasteiger partial charge in [-0.05, 0) is 55.2 Å². The number of nitrogens with one attached hydrogen (secondary N) is 2. The van der Waals surface area contributed by atoms with Crippen LogP contribution in [0.3, 0.4) is 0 Å². The average molecular weight is 329 g/mol. The Hall–Kier alpha value is -1.88. The Balaban J connectivity index is 1.56. The van der Waals surface area contributed by atoms with Crippen molar-refractivity contribution in [2.45, 2.75) is 51.6 Å². The van der Waals surface area contributed by atoms with Crippen LogP contribution in [0.2, 0.25) is 0 Å². The number of carbonyl (C=O) groups is 2. The van der Waals surface area contributed by atoms with Gasteiger partial charge in [-0.15, -0.1) is 0 Å². The molecule has 5 nitrogen and oxygen atoms in total. The molecular formula is C19H27N3O2. The largest absolute Gasteiger partial charge is 0.352 e. The highest BCUT2D eigenvalue weighted by molar-refractivity contribution is 5.92. The van der Waals surface area contributed by atoms with Crippen LogP contribution in [0.25, 0.3) is 0 Å². The van der Waals surface area contributed by atoms with E-state index in [9.17, 15) is 9.59 Å². The van der Waals surface area contributed by atoms with Gasteiger partial charge < -0.3 is 16.4 Å². The van der Waals surface area contributed by atoms with Crippen molar-refractivity contribution in [2.24, 2.45) is 23.5 Å². The molecule has 24 heavy (non-hydrogen) atoms. The number of benzene rings is 1. The van der Waals surface area contributed by atoms with Crippen LogP contribution in [-0.4, -0.2) is 17.9 Å². The summed E-state index contributed by atoms with van der Waals surface area (Å²) in [7, 11) is 0. The molecule has 130 valence electrons. The third-order valence-electron chi connectivity index (χ3n) is 5.55. The van der Waals surface area contributed by atoms with Crippen LogP contribution in [0.4, 0.5) is 5.69 Å². The molecule has 1 aromatic carbocycles. The normalized spacial score (nSPS) is 28.9. The topological polar surface area (TPSA) is 84.2 Å². The van der Waals surface area contributed by atoms with E-state index in [1.807, 2.05) is 24.3 Å². The van der Waals surface area contributed by atoms with Crippen LogP contribution < -0.4 is 16.4 Å². The molecule has 0 heterocycles. The standard InChI is InChI=1S/C19H27N3O2/c1-12(23)21-11-13-5-7-17(8-6-13)22-19(24)16-9-14-3-2-4-15(10-16)18(14)20/h5-8,14-16,18H,2-4,9-11,20H2,1H3,(H,21,23)(H,22,24). The molecule has 2 atom stereocenters. The molecule has 2 unspecified atom stereocenters. The molecule has 4 N–H and O–H groups in total. The smallest absolute Gasteiger partial charge is 0.227 e. The highest BCUT2D eigenvalue weighted by Gasteiger charge is 2.40. The molecular weight excluding hydrogens is 302 g/mol. The lowest BCUT2D eigenvalue weighted by molar-refractivity contribution is -0.122. The quantitative estimate of drug-likeness (QED) is 0.793. The van der Waals surface area contributed by atoms with Crippen molar-refractivity contribution >= 4 is 17.5 Å². The van der Waals surface area contributed by atoms with Gasteiger partial charge in [0.05, 0.1) is 0 Å². The molecule has 0 saturated heterocycles. The predicted octanol–water partition coefficient (Wildman–Crippen LogP) is 2.41. The minimum absolute atomic E-state index is 0.0477. The molecule has 3 rings (SSSR count). The Morgan fingerprint density at radius 3 is 2.33 bits per heavy atom. The predicted molar refractivity (Wildman–Crippen MR) is 94.1 cm³/mol. The highest BCUT2D eigenvalue weighted by Crippen LogP contribution is 2.42. The maximum absolute atomic E-state index is 12.6. The molecule has 2 aliphatic carbocycles. The van der Waals surface area contributed by atoms with Gasteiger partial charge in [0.15, 0.2) is 0 Å². The lowest BCUT2D eigenvalue weighted by Crippen LogP contribution is -2.48. The van der Waals surface area contributed by atoms with Crippen LogP contribution in [-0.2, 0) is 16.1 Å². The van der Waals surface area contributed by atoms with Crippen molar-refractivity contribution in [1.82, 2.24) is 5.32 Å². The highest BCUT2D eigenvalue weighted by atomic mass is 16.2. The number of hydrogen-bond acceptors (Lipinski definition) is 3. The van der Waals surface area contributed by atoms with Gasteiger partial charge >= 0.3 is 0 Å².